The molecule has 78 valence electrons. The van der Waals surface area contributed by atoms with E-state index in [-0.39, 0.29) is 5.69 Å². The van der Waals surface area contributed by atoms with Crippen LogP contribution in [-0.2, 0) is 0 Å². The molecule has 0 unspecified atom stereocenters. The number of benzene rings is 1. The minimum absolute atomic E-state index is 0.0547. The lowest BCUT2D eigenvalue weighted by Gasteiger charge is -1.90. The molecule has 2 heterocycles. The standard InChI is InChI=1S/C11H6N2O3/c14-13(15)7-1-2-10-8(5-7)9-6-12-4-3-11(9)16-10/h1-6H. The van der Waals surface area contributed by atoms with E-state index in [2.05, 4.69) is 4.98 Å². The van der Waals surface area contributed by atoms with Crippen molar-refractivity contribution in [2.24, 2.45) is 0 Å². The van der Waals surface area contributed by atoms with E-state index < -0.39 is 4.92 Å². The summed E-state index contributed by atoms with van der Waals surface area (Å²) in [6, 6.07) is 6.27. The van der Waals surface area contributed by atoms with Crippen LogP contribution in [0.15, 0.2) is 41.1 Å². The predicted octanol–water partition coefficient (Wildman–Crippen LogP) is 2.89. The third-order valence-corrected chi connectivity index (χ3v) is 2.47. The molecule has 0 spiro atoms. The molecule has 0 bridgehead atoms. The van der Waals surface area contributed by atoms with E-state index in [0.717, 1.165) is 10.8 Å². The van der Waals surface area contributed by atoms with Crippen LogP contribution in [0.25, 0.3) is 21.9 Å². The molecule has 0 N–H and O–H groups in total. The first-order chi connectivity index (χ1) is 7.75. The average Bonchev–Trinajstić information content (AvgIpc) is 2.66. The first kappa shape index (κ1) is 8.84. The lowest BCUT2D eigenvalue weighted by atomic mass is 10.2. The molecule has 0 fully saturated rings. The van der Waals surface area contributed by atoms with Gasteiger partial charge >= 0.3 is 0 Å². The highest BCUT2D eigenvalue weighted by Crippen LogP contribution is 2.30. The zero-order valence-electron chi connectivity index (χ0n) is 8.08. The number of pyridine rings is 1. The Hall–Kier alpha value is -2.43. The van der Waals surface area contributed by atoms with Crippen LogP contribution in [0.4, 0.5) is 5.69 Å². The largest absolute Gasteiger partial charge is 0.456 e. The van der Waals surface area contributed by atoms with Crippen LogP contribution >= 0.6 is 0 Å². The summed E-state index contributed by atoms with van der Waals surface area (Å²) in [6.07, 6.45) is 3.27. The fourth-order valence-electron chi connectivity index (χ4n) is 1.72. The minimum atomic E-state index is -0.422. The number of non-ortho nitro benzene ring substituents is 1. The van der Waals surface area contributed by atoms with E-state index >= 15 is 0 Å². The van der Waals surface area contributed by atoms with Crippen LogP contribution in [-0.4, -0.2) is 9.91 Å². The van der Waals surface area contributed by atoms with Crippen molar-refractivity contribution in [1.82, 2.24) is 4.98 Å². The number of fused-ring (bicyclic) bond motifs is 3. The molecular formula is C11H6N2O3. The smallest absolute Gasteiger partial charge is 0.270 e. The minimum Gasteiger partial charge on any atom is -0.456 e. The average molecular weight is 214 g/mol. The third-order valence-electron chi connectivity index (χ3n) is 2.47. The van der Waals surface area contributed by atoms with Gasteiger partial charge in [0.2, 0.25) is 0 Å². The van der Waals surface area contributed by atoms with Gasteiger partial charge in [-0.2, -0.15) is 0 Å². The van der Waals surface area contributed by atoms with E-state index in [1.165, 1.54) is 12.1 Å². The fourth-order valence-corrected chi connectivity index (χ4v) is 1.72. The Labute approximate surface area is 89.5 Å². The fraction of sp³-hybridized carbons (Fsp3) is 0. The summed E-state index contributed by atoms with van der Waals surface area (Å²) < 4.78 is 5.52. The second kappa shape index (κ2) is 3.03. The summed E-state index contributed by atoms with van der Waals surface area (Å²) in [4.78, 5) is 14.2. The highest BCUT2D eigenvalue weighted by Gasteiger charge is 2.11. The lowest BCUT2D eigenvalue weighted by Crippen LogP contribution is -1.86. The van der Waals surface area contributed by atoms with Crippen LogP contribution in [0.1, 0.15) is 0 Å². The Morgan fingerprint density at radius 3 is 2.81 bits per heavy atom. The Kier molecular flexibility index (Phi) is 1.67. The quantitative estimate of drug-likeness (QED) is 0.461. The van der Waals surface area contributed by atoms with Crippen LogP contribution in [0.5, 0.6) is 0 Å². The number of hydrogen-bond acceptors (Lipinski definition) is 4. The molecule has 0 atom stereocenters. The molecule has 5 heteroatoms. The Bertz CT molecular complexity index is 703. The molecule has 2 aromatic heterocycles. The van der Waals surface area contributed by atoms with E-state index in [9.17, 15) is 10.1 Å². The first-order valence-corrected chi connectivity index (χ1v) is 4.66. The van der Waals surface area contributed by atoms with Gasteiger partial charge in [0.15, 0.2) is 0 Å². The number of nitro benzene ring substituents is 1. The van der Waals surface area contributed by atoms with E-state index in [0.29, 0.717) is 11.2 Å². The summed E-state index contributed by atoms with van der Waals surface area (Å²) >= 11 is 0. The van der Waals surface area contributed by atoms with Crippen LogP contribution in [0.2, 0.25) is 0 Å². The van der Waals surface area contributed by atoms with Gasteiger partial charge in [-0.3, -0.25) is 15.1 Å². The van der Waals surface area contributed by atoms with Crippen LogP contribution in [0.3, 0.4) is 0 Å². The maximum atomic E-state index is 10.7. The number of aromatic nitrogens is 1. The molecule has 0 aliphatic rings. The van der Waals surface area contributed by atoms with E-state index in [4.69, 9.17) is 4.42 Å². The number of rotatable bonds is 1. The molecular weight excluding hydrogens is 208 g/mol. The van der Waals surface area contributed by atoms with Crippen molar-refractivity contribution in [1.29, 1.82) is 0 Å². The summed E-state index contributed by atoms with van der Waals surface area (Å²) in [5, 5.41) is 12.2. The van der Waals surface area contributed by atoms with Gasteiger partial charge in [0.1, 0.15) is 11.2 Å². The van der Waals surface area contributed by atoms with E-state index in [1.54, 1.807) is 24.5 Å². The summed E-state index contributed by atoms with van der Waals surface area (Å²) in [5.74, 6) is 0. The second-order valence-electron chi connectivity index (χ2n) is 3.41. The monoisotopic (exact) mass is 214 g/mol. The Morgan fingerprint density at radius 2 is 2.00 bits per heavy atom. The molecule has 0 saturated carbocycles. The number of nitrogens with zero attached hydrogens (tertiary/aromatic N) is 2. The maximum Gasteiger partial charge on any atom is 0.270 e. The van der Waals surface area contributed by atoms with Crippen molar-refractivity contribution in [3.05, 3.63) is 46.8 Å². The SMILES string of the molecule is O=[N+]([O-])c1ccc2oc3ccncc3c2c1. The van der Waals surface area contributed by atoms with Crippen molar-refractivity contribution < 1.29 is 9.34 Å². The number of hydrogen-bond donors (Lipinski definition) is 0. The van der Waals surface area contributed by atoms with Crippen molar-refractivity contribution in [3.63, 3.8) is 0 Å². The topological polar surface area (TPSA) is 69.2 Å². The van der Waals surface area contributed by atoms with Crippen molar-refractivity contribution in [2.75, 3.05) is 0 Å². The lowest BCUT2D eigenvalue weighted by molar-refractivity contribution is -0.384. The number of furan rings is 1. The van der Waals surface area contributed by atoms with Gasteiger partial charge < -0.3 is 4.42 Å². The molecule has 3 rings (SSSR count). The molecule has 0 amide bonds. The molecule has 1 aromatic carbocycles. The van der Waals surface area contributed by atoms with Gasteiger partial charge in [-0.1, -0.05) is 0 Å². The first-order valence-electron chi connectivity index (χ1n) is 4.66. The van der Waals surface area contributed by atoms with Crippen molar-refractivity contribution >= 4 is 27.6 Å². The highest BCUT2D eigenvalue weighted by atomic mass is 16.6. The van der Waals surface area contributed by atoms with Crippen molar-refractivity contribution in [3.8, 4) is 0 Å². The molecule has 0 radical (unpaired) electrons. The summed E-state index contributed by atoms with van der Waals surface area (Å²) in [7, 11) is 0. The van der Waals surface area contributed by atoms with Gasteiger partial charge in [-0.25, -0.2) is 0 Å². The predicted molar refractivity (Wildman–Crippen MR) is 58.2 cm³/mol. The molecule has 0 aliphatic heterocycles. The Morgan fingerprint density at radius 1 is 1.19 bits per heavy atom. The maximum absolute atomic E-state index is 10.7. The van der Waals surface area contributed by atoms with Crippen molar-refractivity contribution in [2.45, 2.75) is 0 Å². The summed E-state index contributed by atoms with van der Waals surface area (Å²) in [6.45, 7) is 0. The second-order valence-corrected chi connectivity index (χ2v) is 3.41. The zero-order chi connectivity index (χ0) is 11.1. The molecule has 0 saturated heterocycles. The van der Waals surface area contributed by atoms with Gasteiger partial charge in [-0.05, 0) is 12.1 Å². The van der Waals surface area contributed by atoms with E-state index in [1.807, 2.05) is 0 Å². The van der Waals surface area contributed by atoms with Gasteiger partial charge in [-0.15, -0.1) is 0 Å². The Balaban J connectivity index is 2.44. The molecule has 0 aliphatic carbocycles. The molecule has 16 heavy (non-hydrogen) atoms. The normalized spacial score (nSPS) is 11.0. The van der Waals surface area contributed by atoms with Crippen LogP contribution in [0, 0.1) is 10.1 Å². The van der Waals surface area contributed by atoms with Gasteiger partial charge in [0, 0.05) is 35.3 Å². The molecule has 5 nitrogen and oxygen atoms in total. The van der Waals surface area contributed by atoms with Gasteiger partial charge in [0.05, 0.1) is 4.92 Å². The summed E-state index contributed by atoms with van der Waals surface area (Å²) in [5.41, 5.74) is 1.37. The van der Waals surface area contributed by atoms with Gasteiger partial charge in [0.25, 0.3) is 5.69 Å². The van der Waals surface area contributed by atoms with Crippen LogP contribution < -0.4 is 0 Å². The zero-order valence-corrected chi connectivity index (χ0v) is 8.08. The number of nitro groups is 1. The third kappa shape index (κ3) is 1.15. The highest BCUT2D eigenvalue weighted by molar-refractivity contribution is 6.05. The molecule has 3 aromatic rings.